The Balaban J connectivity index is 1.58. The predicted octanol–water partition coefficient (Wildman–Crippen LogP) is 6.45. The highest BCUT2D eigenvalue weighted by Gasteiger charge is 2.37. The second-order valence-corrected chi connectivity index (χ2v) is 11.0. The van der Waals surface area contributed by atoms with Crippen molar-refractivity contribution >= 4 is 51.5 Å². The number of piperazine rings is 1. The maximum Gasteiger partial charge on any atom is 0.271 e. The molecule has 0 saturated carbocycles. The maximum atomic E-state index is 13.1. The van der Waals surface area contributed by atoms with E-state index >= 15 is 0 Å². The summed E-state index contributed by atoms with van der Waals surface area (Å²) in [6, 6.07) is 21.4. The molecule has 0 radical (unpaired) electrons. The molecule has 0 spiro atoms. The highest BCUT2D eigenvalue weighted by molar-refractivity contribution is 6.34. The van der Waals surface area contributed by atoms with Crippen molar-refractivity contribution in [3.63, 3.8) is 0 Å². The van der Waals surface area contributed by atoms with Crippen molar-refractivity contribution in [1.82, 2.24) is 14.5 Å². The standard InChI is InChI=1S/C29H26Cl3N5O/c1-17-16-37(28-25(32)29(38)35(3)24-13-12-23(14-33)34-26(24)28)18(2)15-36(17)27(19-4-8-21(30)9-5-19)20-6-10-22(31)11-7-20/h4-13,17-18,27H,15-16H2,1-3H3/t17-,18-/m0/s1. The minimum atomic E-state index is -0.289. The molecule has 1 aliphatic rings. The number of aryl methyl sites for hydroxylation is 1. The number of rotatable bonds is 4. The van der Waals surface area contributed by atoms with E-state index in [9.17, 15) is 10.1 Å². The Kier molecular flexibility index (Phi) is 7.39. The van der Waals surface area contributed by atoms with Crippen molar-refractivity contribution in [3.05, 3.63) is 103 Å². The Hall–Kier alpha value is -3.08. The van der Waals surface area contributed by atoms with E-state index in [0.717, 1.165) is 11.1 Å². The molecule has 2 aromatic heterocycles. The van der Waals surface area contributed by atoms with Gasteiger partial charge in [-0.15, -0.1) is 0 Å². The van der Waals surface area contributed by atoms with Crippen LogP contribution in [0.3, 0.4) is 0 Å². The molecule has 6 nitrogen and oxygen atoms in total. The molecular formula is C29H26Cl3N5O. The Morgan fingerprint density at radius 1 is 0.895 bits per heavy atom. The van der Waals surface area contributed by atoms with Gasteiger partial charge in [-0.1, -0.05) is 59.1 Å². The fourth-order valence-electron chi connectivity index (χ4n) is 5.37. The van der Waals surface area contributed by atoms with Gasteiger partial charge >= 0.3 is 0 Å². The van der Waals surface area contributed by atoms with E-state index in [0.29, 0.717) is 39.9 Å². The summed E-state index contributed by atoms with van der Waals surface area (Å²) >= 11 is 19.1. The number of nitrogens with zero attached hydrogens (tertiary/aromatic N) is 5. The average Bonchev–Trinajstić information content (AvgIpc) is 2.91. The normalized spacial score (nSPS) is 18.2. The van der Waals surface area contributed by atoms with Crippen LogP contribution in [0.4, 0.5) is 5.69 Å². The van der Waals surface area contributed by atoms with E-state index in [4.69, 9.17) is 34.8 Å². The molecule has 1 fully saturated rings. The summed E-state index contributed by atoms with van der Waals surface area (Å²) in [5, 5.41) is 11.0. The van der Waals surface area contributed by atoms with Gasteiger partial charge < -0.3 is 9.47 Å². The van der Waals surface area contributed by atoms with Gasteiger partial charge in [-0.25, -0.2) is 4.98 Å². The first kappa shape index (κ1) is 26.5. The lowest BCUT2D eigenvalue weighted by Crippen LogP contribution is -2.57. The van der Waals surface area contributed by atoms with Crippen LogP contribution in [-0.2, 0) is 7.05 Å². The molecular weight excluding hydrogens is 541 g/mol. The number of hydrogen-bond donors (Lipinski definition) is 0. The zero-order valence-electron chi connectivity index (χ0n) is 21.2. The Morgan fingerprint density at radius 3 is 2.03 bits per heavy atom. The first-order chi connectivity index (χ1) is 18.2. The molecule has 5 rings (SSSR count). The van der Waals surface area contributed by atoms with Crippen LogP contribution < -0.4 is 10.5 Å². The van der Waals surface area contributed by atoms with Gasteiger partial charge in [-0.3, -0.25) is 9.69 Å². The van der Waals surface area contributed by atoms with Gasteiger partial charge in [-0.2, -0.15) is 5.26 Å². The third-order valence-corrected chi connectivity index (χ3v) is 8.14. The van der Waals surface area contributed by atoms with Crippen LogP contribution >= 0.6 is 34.8 Å². The van der Waals surface area contributed by atoms with Gasteiger partial charge in [0.2, 0.25) is 0 Å². The predicted molar refractivity (Wildman–Crippen MR) is 154 cm³/mol. The summed E-state index contributed by atoms with van der Waals surface area (Å²) in [6.45, 7) is 5.60. The molecule has 2 aromatic carbocycles. The third-order valence-electron chi connectivity index (χ3n) is 7.30. The van der Waals surface area contributed by atoms with Crippen molar-refractivity contribution in [2.24, 2.45) is 7.05 Å². The molecule has 194 valence electrons. The number of halogens is 3. The molecule has 0 unspecified atom stereocenters. The van der Waals surface area contributed by atoms with Gasteiger partial charge in [0.05, 0.1) is 17.2 Å². The van der Waals surface area contributed by atoms with Crippen LogP contribution in [0.5, 0.6) is 0 Å². The molecule has 0 aliphatic carbocycles. The Bertz CT molecular complexity index is 1550. The topological polar surface area (TPSA) is 65.2 Å². The monoisotopic (exact) mass is 565 g/mol. The smallest absolute Gasteiger partial charge is 0.271 e. The van der Waals surface area contributed by atoms with E-state index in [-0.39, 0.29) is 34.4 Å². The van der Waals surface area contributed by atoms with Gasteiger partial charge in [0.1, 0.15) is 22.3 Å². The Morgan fingerprint density at radius 2 is 1.47 bits per heavy atom. The van der Waals surface area contributed by atoms with Crippen molar-refractivity contribution < 1.29 is 0 Å². The molecule has 4 aromatic rings. The number of pyridine rings is 2. The molecule has 1 aliphatic heterocycles. The molecule has 9 heteroatoms. The van der Waals surface area contributed by atoms with Crippen molar-refractivity contribution in [2.45, 2.75) is 32.0 Å². The zero-order valence-corrected chi connectivity index (χ0v) is 23.5. The Labute approximate surface area is 236 Å². The minimum Gasteiger partial charge on any atom is -0.363 e. The number of anilines is 1. The van der Waals surface area contributed by atoms with Gasteiger partial charge in [0, 0.05) is 42.3 Å². The number of nitriles is 1. The summed E-state index contributed by atoms with van der Waals surface area (Å²) in [6.07, 6.45) is 0. The molecule has 0 bridgehead atoms. The minimum absolute atomic E-state index is 0.00588. The number of hydrogen-bond acceptors (Lipinski definition) is 5. The first-order valence-corrected chi connectivity index (χ1v) is 13.5. The lowest BCUT2D eigenvalue weighted by Gasteiger charge is -2.48. The third kappa shape index (κ3) is 4.76. The fraction of sp³-hybridized carbons (Fsp3) is 0.276. The number of aromatic nitrogens is 2. The van der Waals surface area contributed by atoms with Crippen LogP contribution in [0.15, 0.2) is 65.5 Å². The lowest BCUT2D eigenvalue weighted by atomic mass is 9.93. The van der Waals surface area contributed by atoms with Crippen LogP contribution in [0, 0.1) is 11.3 Å². The second-order valence-electron chi connectivity index (χ2n) is 9.76. The van der Waals surface area contributed by atoms with Gasteiger partial charge in [0.15, 0.2) is 0 Å². The highest BCUT2D eigenvalue weighted by atomic mass is 35.5. The molecule has 0 amide bonds. The molecule has 0 N–H and O–H groups in total. The lowest BCUT2D eigenvalue weighted by molar-refractivity contribution is 0.130. The van der Waals surface area contributed by atoms with Crippen molar-refractivity contribution in [2.75, 3.05) is 18.0 Å². The maximum absolute atomic E-state index is 13.1. The average molecular weight is 567 g/mol. The van der Waals surface area contributed by atoms with Crippen LogP contribution in [0.25, 0.3) is 11.0 Å². The molecule has 38 heavy (non-hydrogen) atoms. The van der Waals surface area contributed by atoms with Crippen LogP contribution in [0.2, 0.25) is 15.1 Å². The molecule has 1 saturated heterocycles. The SMILES string of the molecule is C[C@H]1CN(C(c2ccc(Cl)cc2)c2ccc(Cl)cc2)[C@@H](C)CN1c1c(Cl)c(=O)n(C)c2ccc(C#N)nc12. The van der Waals surface area contributed by atoms with E-state index < -0.39 is 0 Å². The van der Waals surface area contributed by atoms with Crippen molar-refractivity contribution in [1.29, 1.82) is 5.26 Å². The summed E-state index contributed by atoms with van der Waals surface area (Å²) in [5.41, 5.74) is 4.01. The van der Waals surface area contributed by atoms with Crippen LogP contribution in [0.1, 0.15) is 36.7 Å². The van der Waals surface area contributed by atoms with Gasteiger partial charge in [-0.05, 0) is 61.4 Å². The van der Waals surface area contributed by atoms with E-state index in [1.54, 1.807) is 19.2 Å². The summed E-state index contributed by atoms with van der Waals surface area (Å²) in [7, 11) is 1.67. The molecule has 3 heterocycles. The van der Waals surface area contributed by atoms with Crippen molar-refractivity contribution in [3.8, 4) is 6.07 Å². The zero-order chi connectivity index (χ0) is 27.1. The molecule has 2 atom stereocenters. The number of benzene rings is 2. The first-order valence-electron chi connectivity index (χ1n) is 12.3. The quantitative estimate of drug-likeness (QED) is 0.284. The highest BCUT2D eigenvalue weighted by Crippen LogP contribution is 2.38. The van der Waals surface area contributed by atoms with Gasteiger partial charge in [0.25, 0.3) is 5.56 Å². The van der Waals surface area contributed by atoms with E-state index in [1.165, 1.54) is 4.57 Å². The fourth-order valence-corrected chi connectivity index (χ4v) is 5.95. The largest absolute Gasteiger partial charge is 0.363 e. The summed E-state index contributed by atoms with van der Waals surface area (Å²) in [4.78, 5) is 22.2. The van der Waals surface area contributed by atoms with Crippen LogP contribution in [-0.4, -0.2) is 39.6 Å². The summed E-state index contributed by atoms with van der Waals surface area (Å²) in [5.74, 6) is 0. The summed E-state index contributed by atoms with van der Waals surface area (Å²) < 4.78 is 1.48. The second kappa shape index (κ2) is 10.6. The van der Waals surface area contributed by atoms with E-state index in [1.807, 2.05) is 24.3 Å². The number of fused-ring (bicyclic) bond motifs is 1. The van der Waals surface area contributed by atoms with E-state index in [2.05, 4.69) is 59.0 Å².